The summed E-state index contributed by atoms with van der Waals surface area (Å²) in [5.41, 5.74) is 0. The van der Waals surface area contributed by atoms with Crippen molar-refractivity contribution in [3.63, 3.8) is 0 Å². The summed E-state index contributed by atoms with van der Waals surface area (Å²) < 4.78 is 10.4. The van der Waals surface area contributed by atoms with Gasteiger partial charge in [0.25, 0.3) is 0 Å². The molecule has 2 atom stereocenters. The van der Waals surface area contributed by atoms with Crippen molar-refractivity contribution in [1.29, 1.82) is 0 Å². The maximum atomic E-state index is 5.18. The highest BCUT2D eigenvalue weighted by atomic mass is 35.5. The first-order valence-electron chi connectivity index (χ1n) is 3.63. The SMILES string of the molecule is CO[C@@H]1CNC[C@@H](OC)C1.Cl. The Morgan fingerprint density at radius 2 is 1.55 bits per heavy atom. The molecule has 0 saturated carbocycles. The number of halogens is 1. The molecule has 1 rings (SSSR count). The van der Waals surface area contributed by atoms with E-state index in [1.54, 1.807) is 14.2 Å². The van der Waals surface area contributed by atoms with Crippen LogP contribution in [0.4, 0.5) is 0 Å². The van der Waals surface area contributed by atoms with Crippen LogP contribution in [-0.4, -0.2) is 39.5 Å². The zero-order valence-electron chi connectivity index (χ0n) is 7.00. The predicted molar refractivity (Wildman–Crippen MR) is 46.3 cm³/mol. The minimum atomic E-state index is 0. The lowest BCUT2D eigenvalue weighted by atomic mass is 10.1. The zero-order chi connectivity index (χ0) is 7.40. The highest BCUT2D eigenvalue weighted by Gasteiger charge is 2.20. The molecule has 0 aromatic carbocycles. The third-order valence-electron chi connectivity index (χ3n) is 1.94. The second-order valence-corrected chi connectivity index (χ2v) is 2.61. The molecule has 0 spiro atoms. The number of ether oxygens (including phenoxy) is 2. The van der Waals surface area contributed by atoms with Crippen LogP contribution in [0.25, 0.3) is 0 Å². The molecule has 1 N–H and O–H groups in total. The van der Waals surface area contributed by atoms with Gasteiger partial charge in [0.2, 0.25) is 0 Å². The highest BCUT2D eigenvalue weighted by molar-refractivity contribution is 5.85. The molecule has 1 saturated heterocycles. The molecule has 3 nitrogen and oxygen atoms in total. The van der Waals surface area contributed by atoms with E-state index in [0.29, 0.717) is 12.2 Å². The Hall–Kier alpha value is 0.170. The van der Waals surface area contributed by atoms with Crippen LogP contribution in [0.15, 0.2) is 0 Å². The monoisotopic (exact) mass is 181 g/mol. The van der Waals surface area contributed by atoms with Gasteiger partial charge < -0.3 is 14.8 Å². The summed E-state index contributed by atoms with van der Waals surface area (Å²) in [7, 11) is 3.48. The van der Waals surface area contributed by atoms with Gasteiger partial charge in [0.05, 0.1) is 12.2 Å². The van der Waals surface area contributed by atoms with E-state index >= 15 is 0 Å². The van der Waals surface area contributed by atoms with Crippen molar-refractivity contribution in [2.45, 2.75) is 18.6 Å². The van der Waals surface area contributed by atoms with E-state index < -0.39 is 0 Å². The average molecular weight is 182 g/mol. The van der Waals surface area contributed by atoms with Crippen LogP contribution in [0.5, 0.6) is 0 Å². The third-order valence-corrected chi connectivity index (χ3v) is 1.94. The number of piperidine rings is 1. The molecule has 0 radical (unpaired) electrons. The van der Waals surface area contributed by atoms with Gasteiger partial charge in [-0.25, -0.2) is 0 Å². The Kier molecular flexibility index (Phi) is 5.86. The van der Waals surface area contributed by atoms with E-state index in [1.165, 1.54) is 0 Å². The third kappa shape index (κ3) is 3.38. The predicted octanol–water partition coefficient (Wildman–Crippen LogP) is 0.432. The van der Waals surface area contributed by atoms with Gasteiger partial charge in [-0.05, 0) is 0 Å². The van der Waals surface area contributed by atoms with Crippen molar-refractivity contribution in [2.24, 2.45) is 0 Å². The Bertz CT molecular complexity index is 92.4. The first-order chi connectivity index (χ1) is 4.86. The largest absolute Gasteiger partial charge is 0.380 e. The summed E-state index contributed by atoms with van der Waals surface area (Å²) >= 11 is 0. The fourth-order valence-corrected chi connectivity index (χ4v) is 1.22. The smallest absolute Gasteiger partial charge is 0.0720 e. The zero-order valence-corrected chi connectivity index (χ0v) is 7.82. The van der Waals surface area contributed by atoms with Crippen molar-refractivity contribution >= 4 is 12.4 Å². The Balaban J connectivity index is 0.000001000. The molecule has 0 bridgehead atoms. The standard InChI is InChI=1S/C7H15NO2.ClH/c1-9-6-3-7(10-2)5-8-4-6;/h6-8H,3-5H2,1-2H3;1H/t6-,7-;/m0./s1. The molecule has 11 heavy (non-hydrogen) atoms. The molecule has 0 unspecified atom stereocenters. The molecule has 1 fully saturated rings. The summed E-state index contributed by atoms with van der Waals surface area (Å²) in [6, 6.07) is 0. The van der Waals surface area contributed by atoms with Crippen molar-refractivity contribution in [3.05, 3.63) is 0 Å². The number of hydrogen-bond acceptors (Lipinski definition) is 3. The lowest BCUT2D eigenvalue weighted by Gasteiger charge is -2.27. The molecule has 0 amide bonds. The van der Waals surface area contributed by atoms with Crippen molar-refractivity contribution in [3.8, 4) is 0 Å². The van der Waals surface area contributed by atoms with Gasteiger partial charge in [-0.2, -0.15) is 0 Å². The van der Waals surface area contributed by atoms with Crippen LogP contribution < -0.4 is 5.32 Å². The second-order valence-electron chi connectivity index (χ2n) is 2.61. The summed E-state index contributed by atoms with van der Waals surface area (Å²) in [6.45, 7) is 1.91. The molecule has 0 aromatic heterocycles. The average Bonchev–Trinajstić information content (AvgIpc) is 2.05. The first-order valence-corrected chi connectivity index (χ1v) is 3.63. The Morgan fingerprint density at radius 1 is 1.09 bits per heavy atom. The maximum absolute atomic E-state index is 5.18. The molecule has 68 valence electrons. The molecule has 0 aromatic rings. The number of rotatable bonds is 2. The van der Waals surface area contributed by atoms with Crippen molar-refractivity contribution < 1.29 is 9.47 Å². The maximum Gasteiger partial charge on any atom is 0.0720 e. The molecular weight excluding hydrogens is 166 g/mol. The fraction of sp³-hybridized carbons (Fsp3) is 1.00. The van der Waals surface area contributed by atoms with Gasteiger partial charge in [0, 0.05) is 33.7 Å². The lowest BCUT2D eigenvalue weighted by molar-refractivity contribution is 0.00126. The van der Waals surface area contributed by atoms with E-state index in [9.17, 15) is 0 Å². The van der Waals surface area contributed by atoms with Gasteiger partial charge in [-0.1, -0.05) is 0 Å². The Morgan fingerprint density at radius 3 is 1.91 bits per heavy atom. The number of nitrogens with one attached hydrogen (secondary N) is 1. The first kappa shape index (κ1) is 11.2. The van der Waals surface area contributed by atoms with Gasteiger partial charge >= 0.3 is 0 Å². The van der Waals surface area contributed by atoms with Crippen LogP contribution in [0.3, 0.4) is 0 Å². The van der Waals surface area contributed by atoms with E-state index in [0.717, 1.165) is 19.5 Å². The van der Waals surface area contributed by atoms with Gasteiger partial charge in [0.1, 0.15) is 0 Å². The molecule has 1 heterocycles. The topological polar surface area (TPSA) is 30.5 Å². The van der Waals surface area contributed by atoms with Crippen molar-refractivity contribution in [1.82, 2.24) is 5.32 Å². The minimum absolute atomic E-state index is 0. The van der Waals surface area contributed by atoms with Crippen LogP contribution in [0, 0.1) is 0 Å². The number of methoxy groups -OCH3 is 2. The fourth-order valence-electron chi connectivity index (χ4n) is 1.22. The quantitative estimate of drug-likeness (QED) is 0.671. The van der Waals surface area contributed by atoms with Crippen molar-refractivity contribution in [2.75, 3.05) is 27.3 Å². The summed E-state index contributed by atoms with van der Waals surface area (Å²) in [5, 5.41) is 3.24. The molecule has 4 heteroatoms. The van der Waals surface area contributed by atoms with E-state index in [2.05, 4.69) is 5.32 Å². The van der Waals surface area contributed by atoms with E-state index in [4.69, 9.17) is 9.47 Å². The van der Waals surface area contributed by atoms with E-state index in [-0.39, 0.29) is 12.4 Å². The molecular formula is C7H16ClNO2. The minimum Gasteiger partial charge on any atom is -0.380 e. The lowest BCUT2D eigenvalue weighted by Crippen LogP contribution is -2.43. The molecule has 1 aliphatic rings. The molecule has 1 aliphatic heterocycles. The molecule has 0 aliphatic carbocycles. The van der Waals surface area contributed by atoms with Crippen LogP contribution in [0.1, 0.15) is 6.42 Å². The van der Waals surface area contributed by atoms with Gasteiger partial charge in [0.15, 0.2) is 0 Å². The summed E-state index contributed by atoms with van der Waals surface area (Å²) in [4.78, 5) is 0. The number of hydrogen-bond donors (Lipinski definition) is 1. The van der Waals surface area contributed by atoms with E-state index in [1.807, 2.05) is 0 Å². The van der Waals surface area contributed by atoms with Crippen LogP contribution in [0.2, 0.25) is 0 Å². The summed E-state index contributed by atoms with van der Waals surface area (Å²) in [6.07, 6.45) is 1.68. The summed E-state index contributed by atoms with van der Waals surface area (Å²) in [5.74, 6) is 0. The van der Waals surface area contributed by atoms with Gasteiger partial charge in [-0.3, -0.25) is 0 Å². The highest BCUT2D eigenvalue weighted by Crippen LogP contribution is 2.07. The Labute approximate surface area is 73.9 Å². The van der Waals surface area contributed by atoms with Crippen LogP contribution >= 0.6 is 12.4 Å². The van der Waals surface area contributed by atoms with Crippen LogP contribution in [-0.2, 0) is 9.47 Å². The second kappa shape index (κ2) is 5.77. The van der Waals surface area contributed by atoms with Gasteiger partial charge in [-0.15, -0.1) is 12.4 Å². The normalized spacial score (nSPS) is 31.1.